The molecule has 0 saturated heterocycles. The summed E-state index contributed by atoms with van der Waals surface area (Å²) in [5.41, 5.74) is 5.51. The zero-order valence-corrected chi connectivity index (χ0v) is 22.5. The normalized spacial score (nSPS) is 15.9. The average molecular weight is 556 g/mol. The molecule has 0 radical (unpaired) electrons. The van der Waals surface area contributed by atoms with E-state index in [1.54, 1.807) is 30.6 Å². The van der Waals surface area contributed by atoms with Gasteiger partial charge in [-0.25, -0.2) is 9.97 Å². The molecule has 10 heteroatoms. The van der Waals surface area contributed by atoms with Crippen molar-refractivity contribution in [3.63, 3.8) is 0 Å². The molecule has 1 spiro atoms. The second-order valence-electron chi connectivity index (χ2n) is 10.3. The maximum atomic E-state index is 13.6. The Morgan fingerprint density at radius 3 is 2.54 bits per heavy atom. The smallest absolute Gasteiger partial charge is 0.282 e. The van der Waals surface area contributed by atoms with Gasteiger partial charge < -0.3 is 10.2 Å². The molecule has 1 saturated carbocycles. The fourth-order valence-corrected chi connectivity index (χ4v) is 6.17. The van der Waals surface area contributed by atoms with Gasteiger partial charge in [-0.05, 0) is 67.4 Å². The number of hydrogen-bond donors (Lipinski definition) is 1. The number of anilines is 2. The van der Waals surface area contributed by atoms with Crippen LogP contribution in [0, 0.1) is 0 Å². The van der Waals surface area contributed by atoms with Crippen LogP contribution in [0.15, 0.2) is 71.9 Å². The van der Waals surface area contributed by atoms with Crippen molar-refractivity contribution in [2.24, 2.45) is 0 Å². The fourth-order valence-electron chi connectivity index (χ4n) is 5.61. The largest absolute Gasteiger partial charge is 0.324 e. The van der Waals surface area contributed by atoms with Crippen LogP contribution in [0.4, 0.5) is 11.6 Å². The minimum absolute atomic E-state index is 0.293. The Hall–Kier alpha value is -3.85. The summed E-state index contributed by atoms with van der Waals surface area (Å²) in [6.45, 7) is 2.02. The molecule has 1 aliphatic heterocycles. The Balaban J connectivity index is 1.35. The topological polar surface area (TPSA) is 88.8 Å². The van der Waals surface area contributed by atoms with Crippen molar-refractivity contribution in [3.05, 3.63) is 98.6 Å². The van der Waals surface area contributed by atoms with Crippen molar-refractivity contribution >= 4 is 45.7 Å². The molecule has 5 aromatic rings. The van der Waals surface area contributed by atoms with Crippen LogP contribution in [0.25, 0.3) is 27.8 Å². The van der Waals surface area contributed by atoms with Gasteiger partial charge in [-0.15, -0.1) is 0 Å². The van der Waals surface area contributed by atoms with E-state index < -0.39 is 5.56 Å². The molecule has 39 heavy (non-hydrogen) atoms. The standard InChI is InChI=1S/C29H23Cl2N7O/c1-37-15-18-13-19(5-6-21(18)29(16-37)9-10-29)34-28-33-14-20-25(35-28)24(17-7-11-32-12-8-17)36-38(27(20)39)26-22(30)3-2-4-23(26)31/h2-8,11-14H,9-10,15-16H2,1H3,(H,33,34,35). The summed E-state index contributed by atoms with van der Waals surface area (Å²) in [5.74, 6) is 0.373. The Morgan fingerprint density at radius 2 is 1.79 bits per heavy atom. The number of aromatic nitrogens is 5. The molecule has 0 atom stereocenters. The molecule has 1 aliphatic carbocycles. The summed E-state index contributed by atoms with van der Waals surface area (Å²) >= 11 is 12.9. The van der Waals surface area contributed by atoms with Crippen LogP contribution < -0.4 is 10.9 Å². The maximum absolute atomic E-state index is 13.6. The molecular weight excluding hydrogens is 533 g/mol. The molecule has 3 aromatic heterocycles. The third-order valence-electron chi connectivity index (χ3n) is 7.54. The van der Waals surface area contributed by atoms with Gasteiger partial charge in [0.15, 0.2) is 0 Å². The Bertz CT molecular complexity index is 1800. The number of likely N-dealkylation sites (N-methyl/N-ethyl adjacent to an activating group) is 1. The molecule has 7 rings (SSSR count). The van der Waals surface area contributed by atoms with Crippen molar-refractivity contribution in [1.29, 1.82) is 0 Å². The second kappa shape index (κ2) is 9.12. The molecule has 4 heterocycles. The zero-order valence-electron chi connectivity index (χ0n) is 21.0. The third-order valence-corrected chi connectivity index (χ3v) is 8.15. The summed E-state index contributed by atoms with van der Waals surface area (Å²) in [4.78, 5) is 29.4. The zero-order chi connectivity index (χ0) is 26.7. The first-order valence-electron chi connectivity index (χ1n) is 12.7. The van der Waals surface area contributed by atoms with E-state index in [1.807, 2.05) is 12.1 Å². The molecule has 194 valence electrons. The van der Waals surface area contributed by atoms with E-state index in [4.69, 9.17) is 28.2 Å². The van der Waals surface area contributed by atoms with Crippen LogP contribution in [0.3, 0.4) is 0 Å². The van der Waals surface area contributed by atoms with Gasteiger partial charge in [0.05, 0.1) is 15.4 Å². The lowest BCUT2D eigenvalue weighted by Gasteiger charge is -2.32. The predicted octanol–water partition coefficient (Wildman–Crippen LogP) is 5.77. The van der Waals surface area contributed by atoms with Gasteiger partial charge in [0.25, 0.3) is 5.56 Å². The average Bonchev–Trinajstić information content (AvgIpc) is 3.69. The summed E-state index contributed by atoms with van der Waals surface area (Å²) in [6.07, 6.45) is 7.33. The molecule has 8 nitrogen and oxygen atoms in total. The van der Waals surface area contributed by atoms with E-state index in [2.05, 4.69) is 50.5 Å². The highest BCUT2D eigenvalue weighted by Crippen LogP contribution is 2.52. The lowest BCUT2D eigenvalue weighted by Crippen LogP contribution is -2.35. The second-order valence-corrected chi connectivity index (χ2v) is 11.1. The fraction of sp³-hybridized carbons (Fsp3) is 0.207. The van der Waals surface area contributed by atoms with E-state index >= 15 is 0 Å². The summed E-state index contributed by atoms with van der Waals surface area (Å²) in [6, 6.07) is 15.2. The van der Waals surface area contributed by atoms with Crippen molar-refractivity contribution in [2.45, 2.75) is 24.8 Å². The monoisotopic (exact) mass is 555 g/mol. The van der Waals surface area contributed by atoms with Crippen molar-refractivity contribution in [2.75, 3.05) is 18.9 Å². The van der Waals surface area contributed by atoms with Crippen LogP contribution in [0.5, 0.6) is 0 Å². The number of hydrogen-bond acceptors (Lipinski definition) is 7. The third kappa shape index (κ3) is 4.16. The number of benzene rings is 2. The summed E-state index contributed by atoms with van der Waals surface area (Å²) in [7, 11) is 2.17. The van der Waals surface area contributed by atoms with E-state index in [9.17, 15) is 4.79 Å². The lowest BCUT2D eigenvalue weighted by molar-refractivity contribution is 0.271. The molecule has 1 N–H and O–H groups in total. The first kappa shape index (κ1) is 24.2. The minimum atomic E-state index is -0.420. The Morgan fingerprint density at radius 1 is 1.03 bits per heavy atom. The highest BCUT2D eigenvalue weighted by atomic mass is 35.5. The minimum Gasteiger partial charge on any atom is -0.324 e. The van der Waals surface area contributed by atoms with Crippen LogP contribution in [-0.4, -0.2) is 43.2 Å². The number of halogens is 2. The van der Waals surface area contributed by atoms with Gasteiger partial charge in [-0.2, -0.15) is 9.78 Å². The highest BCUT2D eigenvalue weighted by Gasteiger charge is 2.48. The highest BCUT2D eigenvalue weighted by molar-refractivity contribution is 6.37. The van der Waals surface area contributed by atoms with Gasteiger partial charge in [0.1, 0.15) is 16.9 Å². The molecule has 2 aromatic carbocycles. The van der Waals surface area contributed by atoms with E-state index in [0.717, 1.165) is 24.3 Å². The number of para-hydroxylation sites is 1. The number of nitrogens with zero attached hydrogens (tertiary/aromatic N) is 6. The van der Waals surface area contributed by atoms with Gasteiger partial charge in [-0.1, -0.05) is 35.3 Å². The molecule has 0 unspecified atom stereocenters. The quantitative estimate of drug-likeness (QED) is 0.301. The molecular formula is C29H23Cl2N7O. The molecule has 0 bridgehead atoms. The van der Waals surface area contributed by atoms with Gasteiger partial charge in [0.2, 0.25) is 5.95 Å². The first-order chi connectivity index (χ1) is 18.9. The maximum Gasteiger partial charge on any atom is 0.282 e. The predicted molar refractivity (Wildman–Crippen MR) is 153 cm³/mol. The van der Waals surface area contributed by atoms with E-state index in [-0.39, 0.29) is 0 Å². The van der Waals surface area contributed by atoms with Crippen LogP contribution in [-0.2, 0) is 12.0 Å². The number of rotatable bonds is 4. The van der Waals surface area contributed by atoms with Gasteiger partial charge in [-0.3, -0.25) is 9.78 Å². The van der Waals surface area contributed by atoms with Crippen LogP contribution >= 0.6 is 23.2 Å². The van der Waals surface area contributed by atoms with Gasteiger partial charge in [0, 0.05) is 48.3 Å². The van der Waals surface area contributed by atoms with E-state index in [0.29, 0.717) is 43.7 Å². The Kier molecular flexibility index (Phi) is 5.66. The number of pyridine rings is 1. The molecule has 0 amide bonds. The van der Waals surface area contributed by atoms with Gasteiger partial charge >= 0.3 is 0 Å². The van der Waals surface area contributed by atoms with Crippen molar-refractivity contribution in [3.8, 4) is 16.9 Å². The number of nitrogens with one attached hydrogen (secondary N) is 1. The summed E-state index contributed by atoms with van der Waals surface area (Å²) < 4.78 is 1.22. The van der Waals surface area contributed by atoms with Crippen LogP contribution in [0.1, 0.15) is 24.0 Å². The van der Waals surface area contributed by atoms with Crippen molar-refractivity contribution < 1.29 is 0 Å². The Labute approximate surface area is 234 Å². The molecule has 1 fully saturated rings. The van der Waals surface area contributed by atoms with E-state index in [1.165, 1.54) is 34.8 Å². The van der Waals surface area contributed by atoms with Crippen molar-refractivity contribution in [1.82, 2.24) is 29.6 Å². The first-order valence-corrected chi connectivity index (χ1v) is 13.4. The lowest BCUT2D eigenvalue weighted by atomic mass is 9.87. The molecule has 2 aliphatic rings. The van der Waals surface area contributed by atoms with Crippen LogP contribution in [0.2, 0.25) is 10.0 Å². The SMILES string of the molecule is CN1Cc2cc(Nc3ncc4c(=O)n(-c5c(Cl)cccc5Cl)nc(-c5ccncc5)c4n3)ccc2C2(CC2)C1. The summed E-state index contributed by atoms with van der Waals surface area (Å²) in [5, 5.41) is 8.93. The number of fused-ring (bicyclic) bond motifs is 3.